The molecule has 1 fully saturated rings. The average molecular weight is 553 g/mol. The van der Waals surface area contributed by atoms with Gasteiger partial charge in [0, 0.05) is 18.7 Å². The van der Waals surface area contributed by atoms with E-state index < -0.39 is 35.5 Å². The molecule has 0 amide bonds. The van der Waals surface area contributed by atoms with E-state index >= 15 is 0 Å². The van der Waals surface area contributed by atoms with Gasteiger partial charge in [0.2, 0.25) is 0 Å². The molecule has 15 heteroatoms. The summed E-state index contributed by atoms with van der Waals surface area (Å²) in [5, 5.41) is 10.4. The largest absolute Gasteiger partial charge is 0.491 e. The van der Waals surface area contributed by atoms with Gasteiger partial charge in [-0.05, 0) is 25.0 Å². The van der Waals surface area contributed by atoms with E-state index in [1.54, 1.807) is 9.47 Å². The van der Waals surface area contributed by atoms with Crippen LogP contribution in [0.2, 0.25) is 0 Å². The molecule has 5 N–H and O–H groups in total. The Kier molecular flexibility index (Phi) is 6.83. The molecule has 1 aromatic carbocycles. The first-order chi connectivity index (χ1) is 18.1. The Bertz CT molecular complexity index is 1460. The topological polar surface area (TPSA) is 141 Å². The second kappa shape index (κ2) is 9.96. The third-order valence-electron chi connectivity index (χ3n) is 6.55. The zero-order valence-electron chi connectivity index (χ0n) is 20.1. The minimum Gasteiger partial charge on any atom is -0.491 e. The summed E-state index contributed by atoms with van der Waals surface area (Å²) in [4.78, 5) is 19.4. The fraction of sp³-hybridized carbons (Fsp3) is 0.391. The maximum atomic E-state index is 14.5. The molecule has 38 heavy (non-hydrogen) atoms. The van der Waals surface area contributed by atoms with Gasteiger partial charge in [-0.25, -0.2) is 37.5 Å². The summed E-state index contributed by atoms with van der Waals surface area (Å²) in [6.45, 7) is 0.516. The molecule has 0 spiro atoms. The molecule has 3 aromatic heterocycles. The normalized spacial score (nSPS) is 18.9. The molecule has 2 atom stereocenters. The number of ether oxygens (including phenoxy) is 1. The molecule has 0 saturated carbocycles. The number of hydrogen-bond acceptors (Lipinski definition) is 10. The van der Waals surface area contributed by atoms with Crippen molar-refractivity contribution in [3.05, 3.63) is 41.3 Å². The van der Waals surface area contributed by atoms with Crippen molar-refractivity contribution < 1.29 is 27.4 Å². The number of halogens is 4. The first-order valence-corrected chi connectivity index (χ1v) is 12.4. The number of thiazole rings is 1. The van der Waals surface area contributed by atoms with Gasteiger partial charge in [-0.15, -0.1) is 11.3 Å². The number of aliphatic hydroxyl groups is 1. The van der Waals surface area contributed by atoms with Crippen LogP contribution < -0.4 is 21.1 Å². The highest BCUT2D eigenvalue weighted by Crippen LogP contribution is 2.39. The maximum absolute atomic E-state index is 14.5. The Morgan fingerprint density at radius 1 is 1.21 bits per heavy atom. The van der Waals surface area contributed by atoms with Crippen LogP contribution in [0.1, 0.15) is 17.7 Å². The van der Waals surface area contributed by atoms with Crippen LogP contribution in [0.3, 0.4) is 0 Å². The van der Waals surface area contributed by atoms with Crippen molar-refractivity contribution >= 4 is 34.1 Å². The van der Waals surface area contributed by atoms with E-state index in [9.17, 15) is 22.7 Å². The average Bonchev–Trinajstić information content (AvgIpc) is 3.49. The van der Waals surface area contributed by atoms with Crippen molar-refractivity contribution in [1.82, 2.24) is 24.5 Å². The number of fused-ring (bicyclic) bond motifs is 1. The third-order valence-corrected chi connectivity index (χ3v) is 7.63. The summed E-state index contributed by atoms with van der Waals surface area (Å²) < 4.78 is 62.2. The fourth-order valence-corrected chi connectivity index (χ4v) is 5.72. The Balaban J connectivity index is 1.58. The molecular weight excluding hydrogens is 528 g/mol. The van der Waals surface area contributed by atoms with E-state index in [2.05, 4.69) is 19.9 Å². The zero-order chi connectivity index (χ0) is 27.2. The Hall–Kier alpha value is -3.56. The molecule has 0 aliphatic carbocycles. The van der Waals surface area contributed by atoms with Crippen LogP contribution in [0.25, 0.3) is 21.7 Å². The van der Waals surface area contributed by atoms with Crippen molar-refractivity contribution in [3.8, 4) is 16.3 Å². The number of methoxy groups -OCH3 is 1. The molecule has 4 heterocycles. The smallest absolute Gasteiger partial charge is 0.265 e. The molecule has 1 aliphatic rings. The molecule has 1 aliphatic heterocycles. The van der Waals surface area contributed by atoms with E-state index in [0.717, 1.165) is 30.6 Å². The summed E-state index contributed by atoms with van der Waals surface area (Å²) in [5.74, 6) is -1.72. The van der Waals surface area contributed by atoms with Gasteiger partial charge in [0.05, 0.1) is 30.4 Å². The predicted molar refractivity (Wildman–Crippen MR) is 133 cm³/mol. The quantitative estimate of drug-likeness (QED) is 0.295. The number of alkyl halides is 2. The van der Waals surface area contributed by atoms with Gasteiger partial charge in [-0.1, -0.05) is 0 Å². The number of anilines is 2. The number of imidazole rings is 1. The molecule has 10 nitrogen and oxygen atoms in total. The Morgan fingerprint density at radius 3 is 2.63 bits per heavy atom. The summed E-state index contributed by atoms with van der Waals surface area (Å²) in [5.41, 5.74) is 11.6. The molecule has 0 radical (unpaired) electrons. The lowest BCUT2D eigenvalue weighted by molar-refractivity contribution is -0.0529. The number of rotatable bonds is 7. The number of nitrogen functional groups attached to an aromatic ring is 1. The van der Waals surface area contributed by atoms with Crippen molar-refractivity contribution in [2.75, 3.05) is 30.8 Å². The van der Waals surface area contributed by atoms with Crippen LogP contribution in [0.5, 0.6) is 5.75 Å². The number of aliphatic hydroxyl groups excluding tert-OH is 1. The van der Waals surface area contributed by atoms with E-state index in [-0.39, 0.29) is 35.9 Å². The first kappa shape index (κ1) is 26.1. The van der Waals surface area contributed by atoms with E-state index in [4.69, 9.17) is 16.2 Å². The summed E-state index contributed by atoms with van der Waals surface area (Å²) in [6, 6.07) is 2.22. The molecular formula is C23H24F4N8O2S. The van der Waals surface area contributed by atoms with Crippen LogP contribution in [-0.2, 0) is 6.54 Å². The minimum atomic E-state index is -3.02. The lowest BCUT2D eigenvalue weighted by atomic mass is 9.84. The van der Waals surface area contributed by atoms with Gasteiger partial charge in [-0.3, -0.25) is 0 Å². The van der Waals surface area contributed by atoms with Gasteiger partial charge in [0.15, 0.2) is 28.8 Å². The molecule has 1 saturated heterocycles. The van der Waals surface area contributed by atoms with Gasteiger partial charge in [-0.2, -0.15) is 0 Å². The maximum Gasteiger partial charge on any atom is 0.265 e. The number of benzene rings is 1. The van der Waals surface area contributed by atoms with Crippen LogP contribution in [0, 0.1) is 11.6 Å². The first-order valence-electron chi connectivity index (χ1n) is 11.6. The molecule has 0 bridgehead atoms. The van der Waals surface area contributed by atoms with Gasteiger partial charge >= 0.3 is 0 Å². The summed E-state index contributed by atoms with van der Waals surface area (Å²) in [7, 11) is 1.16. The zero-order valence-corrected chi connectivity index (χ0v) is 20.9. The van der Waals surface area contributed by atoms with Gasteiger partial charge in [0.1, 0.15) is 28.8 Å². The number of piperidine rings is 1. The second-order valence-electron chi connectivity index (χ2n) is 9.08. The van der Waals surface area contributed by atoms with Crippen molar-refractivity contribution in [2.45, 2.75) is 37.5 Å². The Labute approximate surface area is 217 Å². The minimum absolute atomic E-state index is 0.0974. The Morgan fingerprint density at radius 2 is 1.95 bits per heavy atom. The molecule has 0 unspecified atom stereocenters. The lowest BCUT2D eigenvalue weighted by Gasteiger charge is -2.43. The fourth-order valence-electron chi connectivity index (χ4n) is 4.65. The number of nitrogens with zero attached hydrogens (tertiary/aromatic N) is 6. The van der Waals surface area contributed by atoms with Crippen molar-refractivity contribution in [3.63, 3.8) is 0 Å². The monoisotopic (exact) mass is 552 g/mol. The molecule has 202 valence electrons. The lowest BCUT2D eigenvalue weighted by Crippen LogP contribution is -2.63. The predicted octanol–water partition coefficient (Wildman–Crippen LogP) is 2.79. The van der Waals surface area contributed by atoms with Crippen LogP contribution in [0.15, 0.2) is 24.8 Å². The van der Waals surface area contributed by atoms with Crippen molar-refractivity contribution in [1.29, 1.82) is 0 Å². The highest BCUT2D eigenvalue weighted by molar-refractivity contribution is 7.15. The highest BCUT2D eigenvalue weighted by Gasteiger charge is 2.43. The number of aromatic nitrogens is 5. The third kappa shape index (κ3) is 4.61. The second-order valence-corrected chi connectivity index (χ2v) is 10.2. The van der Waals surface area contributed by atoms with Crippen molar-refractivity contribution in [2.24, 2.45) is 5.73 Å². The number of nitrogens with two attached hydrogens (primary N) is 2. The van der Waals surface area contributed by atoms with Gasteiger partial charge in [0.25, 0.3) is 6.43 Å². The number of hydrogen-bond donors (Lipinski definition) is 3. The standard InChI is InChI=1S/C23H24F4N8O2S/c1-37-16-12(24)5-11(6-13(16)25)22-33-20(34-4-2-3-23(29,8-34)17(36)18(26)27)14(38-22)7-35-10-32-15-19(28)30-9-31-21(15)35/h5-6,9-10,17-18,36H,2-4,7-8,29H2,1H3,(H2,28,30,31)/t17-,23-/m1/s1. The van der Waals surface area contributed by atoms with Crippen LogP contribution >= 0.6 is 11.3 Å². The van der Waals surface area contributed by atoms with E-state index in [1.165, 1.54) is 12.7 Å². The summed E-state index contributed by atoms with van der Waals surface area (Å²) in [6.07, 6.45) is -1.60. The molecule has 5 rings (SSSR count). The van der Waals surface area contributed by atoms with Gasteiger partial charge < -0.3 is 30.8 Å². The summed E-state index contributed by atoms with van der Waals surface area (Å²) >= 11 is 1.16. The van der Waals surface area contributed by atoms with E-state index in [1.807, 2.05) is 0 Å². The molecule has 4 aromatic rings. The highest BCUT2D eigenvalue weighted by atomic mass is 32.1. The van der Waals surface area contributed by atoms with E-state index in [0.29, 0.717) is 34.8 Å². The SMILES string of the molecule is COc1c(F)cc(-c2nc(N3CCC[C@](N)([C@H](O)C(F)F)C3)c(Cn3cnc4c(N)ncnc43)s2)cc1F. The van der Waals surface area contributed by atoms with Crippen LogP contribution in [-0.4, -0.2) is 67.9 Å². The van der Waals surface area contributed by atoms with Crippen LogP contribution in [0.4, 0.5) is 29.2 Å².